The Morgan fingerprint density at radius 2 is 2.06 bits per heavy atom. The van der Waals surface area contributed by atoms with Crippen LogP contribution in [-0.2, 0) is 4.74 Å². The number of amides is 2. The highest BCUT2D eigenvalue weighted by atomic mass is 16.5. The molecule has 0 saturated carbocycles. The Balaban J connectivity index is 2.41. The van der Waals surface area contributed by atoms with Gasteiger partial charge in [0, 0.05) is 13.1 Å². The molecule has 0 aromatic heterocycles. The molecule has 1 aliphatic heterocycles. The summed E-state index contributed by atoms with van der Waals surface area (Å²) in [5, 5.41) is 21.5. The summed E-state index contributed by atoms with van der Waals surface area (Å²) in [6.45, 7) is 5.33. The summed E-state index contributed by atoms with van der Waals surface area (Å²) in [4.78, 5) is 13.5. The normalized spacial score (nSPS) is 18.9. The van der Waals surface area contributed by atoms with Crippen molar-refractivity contribution in [1.29, 1.82) is 0 Å². The molecule has 1 aliphatic rings. The van der Waals surface area contributed by atoms with Crippen molar-refractivity contribution in [1.82, 2.24) is 10.2 Å². The Morgan fingerprint density at radius 1 is 1.47 bits per heavy atom. The number of rotatable bonds is 4. The number of morpholine rings is 1. The molecule has 17 heavy (non-hydrogen) atoms. The van der Waals surface area contributed by atoms with Gasteiger partial charge in [-0.3, -0.25) is 0 Å². The molecule has 0 aromatic rings. The molecule has 100 valence electrons. The number of carbonyl (C=O) groups excluding carboxylic acids is 1. The second-order valence-corrected chi connectivity index (χ2v) is 4.94. The molecule has 1 fully saturated rings. The lowest BCUT2D eigenvalue weighted by atomic mass is 10.00. The van der Waals surface area contributed by atoms with Crippen LogP contribution in [0.25, 0.3) is 0 Å². The van der Waals surface area contributed by atoms with Gasteiger partial charge in [-0.1, -0.05) is 0 Å². The highest BCUT2D eigenvalue weighted by molar-refractivity contribution is 5.74. The van der Waals surface area contributed by atoms with Crippen molar-refractivity contribution in [2.45, 2.75) is 31.9 Å². The lowest BCUT2D eigenvalue weighted by Gasteiger charge is -2.30. The molecule has 3 N–H and O–H groups in total. The molecule has 0 unspecified atom stereocenters. The first kappa shape index (κ1) is 14.2. The van der Waals surface area contributed by atoms with Gasteiger partial charge in [0.1, 0.15) is 0 Å². The second-order valence-electron chi connectivity index (χ2n) is 4.94. The standard InChI is InChI=1S/C11H22N2O4/c1-11(2,16)7-9(8-14)12-10(15)13-3-5-17-6-4-13/h9,14,16H,3-8H2,1-2H3,(H,12,15)/t9-/m0/s1. The summed E-state index contributed by atoms with van der Waals surface area (Å²) < 4.78 is 5.15. The monoisotopic (exact) mass is 246 g/mol. The van der Waals surface area contributed by atoms with Crippen LogP contribution in [-0.4, -0.2) is 65.7 Å². The predicted octanol–water partition coefficient (Wildman–Crippen LogP) is -0.450. The van der Waals surface area contributed by atoms with Crippen molar-refractivity contribution >= 4 is 6.03 Å². The quantitative estimate of drug-likeness (QED) is 0.627. The smallest absolute Gasteiger partial charge is 0.317 e. The SMILES string of the molecule is CC(C)(O)C[C@@H](CO)NC(=O)N1CCOCC1. The number of carbonyl (C=O) groups is 1. The minimum absolute atomic E-state index is 0.180. The average Bonchev–Trinajstić information content (AvgIpc) is 2.27. The van der Waals surface area contributed by atoms with E-state index < -0.39 is 11.6 Å². The van der Waals surface area contributed by atoms with Crippen LogP contribution in [0, 0.1) is 0 Å². The zero-order chi connectivity index (χ0) is 12.9. The zero-order valence-corrected chi connectivity index (χ0v) is 10.5. The van der Waals surface area contributed by atoms with Gasteiger partial charge in [-0.15, -0.1) is 0 Å². The number of ether oxygens (including phenoxy) is 1. The van der Waals surface area contributed by atoms with E-state index in [9.17, 15) is 9.90 Å². The van der Waals surface area contributed by atoms with E-state index in [2.05, 4.69) is 5.32 Å². The molecule has 0 bridgehead atoms. The Bertz CT molecular complexity index is 246. The minimum Gasteiger partial charge on any atom is -0.394 e. The van der Waals surface area contributed by atoms with Gasteiger partial charge in [0.15, 0.2) is 0 Å². The molecule has 1 heterocycles. The van der Waals surface area contributed by atoms with Crippen LogP contribution in [0.5, 0.6) is 0 Å². The average molecular weight is 246 g/mol. The third-order valence-corrected chi connectivity index (χ3v) is 2.59. The second kappa shape index (κ2) is 6.18. The third-order valence-electron chi connectivity index (χ3n) is 2.59. The third kappa shape index (κ3) is 5.34. The van der Waals surface area contributed by atoms with E-state index in [1.54, 1.807) is 18.7 Å². The van der Waals surface area contributed by atoms with Crippen molar-refractivity contribution in [3.8, 4) is 0 Å². The molecule has 1 rings (SSSR count). The van der Waals surface area contributed by atoms with Crippen molar-refractivity contribution < 1.29 is 19.7 Å². The molecule has 6 heteroatoms. The van der Waals surface area contributed by atoms with Gasteiger partial charge in [-0.05, 0) is 20.3 Å². The first-order valence-electron chi connectivity index (χ1n) is 5.89. The van der Waals surface area contributed by atoms with Gasteiger partial charge < -0.3 is 25.2 Å². The van der Waals surface area contributed by atoms with E-state index in [4.69, 9.17) is 9.84 Å². The predicted molar refractivity (Wildman–Crippen MR) is 62.7 cm³/mol. The van der Waals surface area contributed by atoms with Crippen molar-refractivity contribution in [3.05, 3.63) is 0 Å². The molecular weight excluding hydrogens is 224 g/mol. The number of urea groups is 1. The number of nitrogens with zero attached hydrogens (tertiary/aromatic N) is 1. The topological polar surface area (TPSA) is 82.0 Å². The molecule has 6 nitrogen and oxygen atoms in total. The molecule has 1 saturated heterocycles. The Labute approximate surface area is 102 Å². The van der Waals surface area contributed by atoms with E-state index in [-0.39, 0.29) is 12.6 Å². The van der Waals surface area contributed by atoms with Crippen molar-refractivity contribution in [3.63, 3.8) is 0 Å². The van der Waals surface area contributed by atoms with Crippen LogP contribution < -0.4 is 5.32 Å². The largest absolute Gasteiger partial charge is 0.394 e. The van der Waals surface area contributed by atoms with Crippen molar-refractivity contribution in [2.75, 3.05) is 32.9 Å². The van der Waals surface area contributed by atoms with Crippen LogP contribution in [0.2, 0.25) is 0 Å². The van der Waals surface area contributed by atoms with E-state index in [1.807, 2.05) is 0 Å². The van der Waals surface area contributed by atoms with E-state index in [1.165, 1.54) is 0 Å². The highest BCUT2D eigenvalue weighted by Crippen LogP contribution is 2.11. The van der Waals surface area contributed by atoms with Crippen LogP contribution in [0.3, 0.4) is 0 Å². The summed E-state index contributed by atoms with van der Waals surface area (Å²) in [6, 6.07) is -0.637. The van der Waals surface area contributed by atoms with Crippen molar-refractivity contribution in [2.24, 2.45) is 0 Å². The summed E-state index contributed by atoms with van der Waals surface area (Å²) in [5.74, 6) is 0. The molecule has 0 aromatic carbocycles. The molecule has 1 atom stereocenters. The first-order chi connectivity index (χ1) is 7.92. The Hall–Kier alpha value is -0.850. The molecule has 2 amide bonds. The van der Waals surface area contributed by atoms with Crippen LogP contribution in [0.15, 0.2) is 0 Å². The number of nitrogens with one attached hydrogen (secondary N) is 1. The Kier molecular flexibility index (Phi) is 5.17. The summed E-state index contributed by atoms with van der Waals surface area (Å²) in [6.07, 6.45) is 0.319. The highest BCUT2D eigenvalue weighted by Gasteiger charge is 2.24. The number of hydrogen-bond acceptors (Lipinski definition) is 4. The van der Waals surface area contributed by atoms with Gasteiger partial charge in [-0.25, -0.2) is 4.79 Å². The summed E-state index contributed by atoms with van der Waals surface area (Å²) in [5.41, 5.74) is -0.911. The lowest BCUT2D eigenvalue weighted by Crippen LogP contribution is -2.51. The number of aliphatic hydroxyl groups excluding tert-OH is 1. The number of hydrogen-bond donors (Lipinski definition) is 3. The fourth-order valence-electron chi connectivity index (χ4n) is 1.80. The number of aliphatic hydroxyl groups is 2. The fourth-order valence-corrected chi connectivity index (χ4v) is 1.80. The lowest BCUT2D eigenvalue weighted by molar-refractivity contribution is 0.0407. The van der Waals surface area contributed by atoms with E-state index in [0.29, 0.717) is 32.7 Å². The van der Waals surface area contributed by atoms with Gasteiger partial charge in [0.2, 0.25) is 0 Å². The molecular formula is C11H22N2O4. The van der Waals surface area contributed by atoms with Crippen LogP contribution in [0.1, 0.15) is 20.3 Å². The van der Waals surface area contributed by atoms with Gasteiger partial charge in [-0.2, -0.15) is 0 Å². The maximum absolute atomic E-state index is 11.8. The van der Waals surface area contributed by atoms with Gasteiger partial charge in [0.05, 0.1) is 31.5 Å². The van der Waals surface area contributed by atoms with Crippen LogP contribution >= 0.6 is 0 Å². The molecule has 0 radical (unpaired) electrons. The van der Waals surface area contributed by atoms with Gasteiger partial charge in [0.25, 0.3) is 0 Å². The van der Waals surface area contributed by atoms with E-state index in [0.717, 1.165) is 0 Å². The summed E-state index contributed by atoms with van der Waals surface area (Å²) in [7, 11) is 0. The zero-order valence-electron chi connectivity index (χ0n) is 10.5. The molecule has 0 spiro atoms. The first-order valence-corrected chi connectivity index (χ1v) is 5.89. The maximum atomic E-state index is 11.8. The molecule has 0 aliphatic carbocycles. The summed E-state index contributed by atoms with van der Waals surface area (Å²) >= 11 is 0. The van der Waals surface area contributed by atoms with Crippen LogP contribution in [0.4, 0.5) is 4.79 Å². The minimum atomic E-state index is -0.911. The fraction of sp³-hybridized carbons (Fsp3) is 0.909. The van der Waals surface area contributed by atoms with E-state index >= 15 is 0 Å². The maximum Gasteiger partial charge on any atom is 0.317 e. The Morgan fingerprint density at radius 3 is 2.53 bits per heavy atom. The van der Waals surface area contributed by atoms with Gasteiger partial charge >= 0.3 is 6.03 Å².